The summed E-state index contributed by atoms with van der Waals surface area (Å²) >= 11 is 0. The van der Waals surface area contributed by atoms with Crippen LogP contribution in [0.3, 0.4) is 0 Å². The molecule has 0 aliphatic carbocycles. The van der Waals surface area contributed by atoms with Gasteiger partial charge < -0.3 is 20.9 Å². The summed E-state index contributed by atoms with van der Waals surface area (Å²) in [5.41, 5.74) is 1.30. The normalized spacial score (nSPS) is 12.1. The Morgan fingerprint density at radius 2 is 1.67 bits per heavy atom. The minimum absolute atomic E-state index is 0.143. The van der Waals surface area contributed by atoms with Gasteiger partial charge in [-0.15, -0.1) is 0 Å². The molecule has 0 unspecified atom stereocenters. The number of carbonyl (C=O) groups is 2. The van der Waals surface area contributed by atoms with Gasteiger partial charge in [0.1, 0.15) is 0 Å². The van der Waals surface area contributed by atoms with Gasteiger partial charge >= 0.3 is 6.03 Å². The lowest BCUT2D eigenvalue weighted by atomic mass is 9.93. The number of carbonyl (C=O) groups excluding carboxylic acids is 2. The van der Waals surface area contributed by atoms with Crippen LogP contribution in [0.5, 0.6) is 0 Å². The highest BCUT2D eigenvalue weighted by Gasteiger charge is 2.21. The highest BCUT2D eigenvalue weighted by atomic mass is 16.2. The third kappa shape index (κ3) is 6.58. The fraction of sp³-hybridized carbons (Fsp3) is 0.556. The molecule has 0 heterocycles. The van der Waals surface area contributed by atoms with E-state index in [4.69, 9.17) is 0 Å². The van der Waals surface area contributed by atoms with Crippen LogP contribution in [0.2, 0.25) is 0 Å². The SMILES string of the molecule is CCC(CC)[C@@H](CNC(=O)Nc1cccc(NC(C)=O)c1)N(C)C. The highest BCUT2D eigenvalue weighted by molar-refractivity contribution is 5.92. The fourth-order valence-electron chi connectivity index (χ4n) is 2.85. The molecule has 0 aliphatic heterocycles. The summed E-state index contributed by atoms with van der Waals surface area (Å²) in [7, 11) is 4.08. The number of hydrogen-bond acceptors (Lipinski definition) is 3. The van der Waals surface area contributed by atoms with Crippen molar-refractivity contribution in [3.63, 3.8) is 0 Å². The topological polar surface area (TPSA) is 73.5 Å². The quantitative estimate of drug-likeness (QED) is 0.684. The Kier molecular flexibility index (Phi) is 8.26. The van der Waals surface area contributed by atoms with Gasteiger partial charge in [-0.25, -0.2) is 4.79 Å². The Hall–Kier alpha value is -2.08. The molecule has 0 bridgehead atoms. The lowest BCUT2D eigenvalue weighted by Crippen LogP contribution is -2.45. The second-order valence-corrected chi connectivity index (χ2v) is 6.20. The fourth-order valence-corrected chi connectivity index (χ4v) is 2.85. The Balaban J connectivity index is 2.60. The van der Waals surface area contributed by atoms with E-state index in [9.17, 15) is 9.59 Å². The largest absolute Gasteiger partial charge is 0.336 e. The van der Waals surface area contributed by atoms with Gasteiger partial charge in [0, 0.05) is 30.9 Å². The summed E-state index contributed by atoms with van der Waals surface area (Å²) in [6, 6.07) is 7.14. The van der Waals surface area contributed by atoms with Crippen LogP contribution >= 0.6 is 0 Å². The summed E-state index contributed by atoms with van der Waals surface area (Å²) in [4.78, 5) is 25.4. The second kappa shape index (κ2) is 9.93. The van der Waals surface area contributed by atoms with Gasteiger partial charge in [-0.05, 0) is 38.2 Å². The Morgan fingerprint density at radius 3 is 2.17 bits per heavy atom. The van der Waals surface area contributed by atoms with Crippen molar-refractivity contribution in [2.75, 3.05) is 31.3 Å². The Bertz CT molecular complexity index is 542. The first kappa shape index (κ1) is 20.0. The molecular formula is C18H30N4O2. The van der Waals surface area contributed by atoms with E-state index in [1.165, 1.54) is 6.92 Å². The first-order valence-corrected chi connectivity index (χ1v) is 8.46. The van der Waals surface area contributed by atoms with Gasteiger partial charge in [0.25, 0.3) is 0 Å². The number of nitrogens with one attached hydrogen (secondary N) is 3. The summed E-state index contributed by atoms with van der Waals surface area (Å²) in [6.07, 6.45) is 2.17. The number of urea groups is 1. The van der Waals surface area contributed by atoms with Gasteiger partial charge in [0.15, 0.2) is 0 Å². The predicted octanol–water partition coefficient (Wildman–Crippen LogP) is 3.13. The van der Waals surface area contributed by atoms with Gasteiger partial charge in [-0.2, -0.15) is 0 Å². The van der Waals surface area contributed by atoms with Gasteiger partial charge in [-0.1, -0.05) is 32.8 Å². The molecule has 0 saturated heterocycles. The van der Waals surface area contributed by atoms with E-state index in [1.807, 2.05) is 14.1 Å². The number of amides is 3. The predicted molar refractivity (Wildman–Crippen MR) is 99.3 cm³/mol. The second-order valence-electron chi connectivity index (χ2n) is 6.20. The van der Waals surface area contributed by atoms with Gasteiger partial charge in [0.2, 0.25) is 5.91 Å². The number of benzene rings is 1. The molecule has 0 aliphatic rings. The van der Waals surface area contributed by atoms with Crippen LogP contribution in [-0.2, 0) is 4.79 Å². The molecule has 0 aromatic heterocycles. The van der Waals surface area contributed by atoms with E-state index in [0.717, 1.165) is 12.8 Å². The number of nitrogens with zero attached hydrogens (tertiary/aromatic N) is 1. The number of rotatable bonds is 8. The smallest absolute Gasteiger partial charge is 0.319 e. The van der Waals surface area contributed by atoms with Crippen molar-refractivity contribution in [1.82, 2.24) is 10.2 Å². The zero-order chi connectivity index (χ0) is 18.1. The van der Waals surface area contributed by atoms with Gasteiger partial charge in [-0.3, -0.25) is 4.79 Å². The molecule has 3 N–H and O–H groups in total. The van der Waals surface area contributed by atoms with Crippen molar-refractivity contribution in [2.45, 2.75) is 39.7 Å². The van der Waals surface area contributed by atoms with Crippen molar-refractivity contribution in [3.05, 3.63) is 24.3 Å². The molecule has 0 spiro atoms. The average Bonchev–Trinajstić information content (AvgIpc) is 2.50. The summed E-state index contributed by atoms with van der Waals surface area (Å²) in [5.74, 6) is 0.402. The molecule has 0 fully saturated rings. The Morgan fingerprint density at radius 1 is 1.08 bits per heavy atom. The zero-order valence-corrected chi connectivity index (χ0v) is 15.3. The number of likely N-dealkylation sites (N-methyl/N-ethyl adjacent to an activating group) is 1. The van der Waals surface area contributed by atoms with Crippen LogP contribution in [0, 0.1) is 5.92 Å². The van der Waals surface area contributed by atoms with Crippen molar-refractivity contribution < 1.29 is 9.59 Å². The maximum atomic E-state index is 12.1. The minimum Gasteiger partial charge on any atom is -0.336 e. The molecule has 134 valence electrons. The lowest BCUT2D eigenvalue weighted by Gasteiger charge is -2.31. The summed E-state index contributed by atoms with van der Waals surface area (Å²) < 4.78 is 0. The molecule has 6 nitrogen and oxygen atoms in total. The third-order valence-electron chi connectivity index (χ3n) is 4.17. The summed E-state index contributed by atoms with van der Waals surface area (Å²) in [5, 5.41) is 8.44. The maximum Gasteiger partial charge on any atom is 0.319 e. The molecule has 0 radical (unpaired) electrons. The molecule has 1 aromatic rings. The van der Waals surface area contributed by atoms with Crippen LogP contribution in [0.25, 0.3) is 0 Å². The number of anilines is 2. The average molecular weight is 334 g/mol. The van der Waals surface area contributed by atoms with Crippen LogP contribution in [0.1, 0.15) is 33.6 Å². The molecule has 1 aromatic carbocycles. The first-order valence-electron chi connectivity index (χ1n) is 8.46. The van der Waals surface area contributed by atoms with Gasteiger partial charge in [0.05, 0.1) is 0 Å². The molecular weight excluding hydrogens is 304 g/mol. The molecule has 0 saturated carbocycles. The van der Waals surface area contributed by atoms with Crippen molar-refractivity contribution in [3.8, 4) is 0 Å². The third-order valence-corrected chi connectivity index (χ3v) is 4.17. The van der Waals surface area contributed by atoms with E-state index in [0.29, 0.717) is 29.9 Å². The van der Waals surface area contributed by atoms with E-state index < -0.39 is 0 Å². The lowest BCUT2D eigenvalue weighted by molar-refractivity contribution is -0.114. The van der Waals surface area contributed by atoms with E-state index in [1.54, 1.807) is 24.3 Å². The van der Waals surface area contributed by atoms with Crippen molar-refractivity contribution >= 4 is 23.3 Å². The summed E-state index contributed by atoms with van der Waals surface area (Å²) in [6.45, 7) is 6.40. The van der Waals surface area contributed by atoms with E-state index >= 15 is 0 Å². The monoisotopic (exact) mass is 334 g/mol. The van der Waals surface area contributed by atoms with Crippen LogP contribution in [0.15, 0.2) is 24.3 Å². The van der Waals surface area contributed by atoms with E-state index in [2.05, 4.69) is 34.7 Å². The molecule has 1 rings (SSSR count). The van der Waals surface area contributed by atoms with E-state index in [-0.39, 0.29) is 11.9 Å². The zero-order valence-electron chi connectivity index (χ0n) is 15.3. The molecule has 3 amide bonds. The Labute approximate surface area is 145 Å². The first-order chi connectivity index (χ1) is 11.4. The van der Waals surface area contributed by atoms with Crippen LogP contribution < -0.4 is 16.0 Å². The highest BCUT2D eigenvalue weighted by Crippen LogP contribution is 2.17. The van der Waals surface area contributed by atoms with Crippen LogP contribution in [-0.4, -0.2) is 43.5 Å². The minimum atomic E-state index is -0.243. The van der Waals surface area contributed by atoms with Crippen molar-refractivity contribution in [1.29, 1.82) is 0 Å². The molecule has 24 heavy (non-hydrogen) atoms. The maximum absolute atomic E-state index is 12.1. The molecule has 1 atom stereocenters. The standard InChI is InChI=1S/C18H30N4O2/c1-6-14(7-2)17(22(4)5)12-19-18(24)21-16-10-8-9-15(11-16)20-13(3)23/h8-11,14,17H,6-7,12H2,1-5H3,(H,20,23)(H2,19,21,24)/t17-/m1/s1. The molecule has 6 heteroatoms. The van der Waals surface area contributed by atoms with Crippen LogP contribution in [0.4, 0.5) is 16.2 Å². The number of hydrogen-bond donors (Lipinski definition) is 3. The van der Waals surface area contributed by atoms with Crippen molar-refractivity contribution in [2.24, 2.45) is 5.92 Å².